The summed E-state index contributed by atoms with van der Waals surface area (Å²) in [5.74, 6) is 0.805. The number of amidine groups is 1. The van der Waals surface area contributed by atoms with Crippen molar-refractivity contribution in [2.45, 2.75) is 32.9 Å². The standard InChI is InChI=1S/C19H20N2O/c1-19(2,3)20-17-15-11-7-8-12-16(15)18(22)21(17)13-14-9-5-4-6-10-14/h4-12H,13H2,1-3H3. The molecule has 0 spiro atoms. The van der Waals surface area contributed by atoms with Crippen molar-refractivity contribution in [3.8, 4) is 0 Å². The zero-order valence-corrected chi connectivity index (χ0v) is 13.2. The summed E-state index contributed by atoms with van der Waals surface area (Å²) in [7, 11) is 0. The van der Waals surface area contributed by atoms with Gasteiger partial charge in [0.1, 0.15) is 5.84 Å². The maximum atomic E-state index is 12.7. The fraction of sp³-hybridized carbons (Fsp3) is 0.263. The van der Waals surface area contributed by atoms with E-state index in [4.69, 9.17) is 4.99 Å². The van der Waals surface area contributed by atoms with Gasteiger partial charge >= 0.3 is 0 Å². The van der Waals surface area contributed by atoms with Crippen LogP contribution in [0.3, 0.4) is 0 Å². The topological polar surface area (TPSA) is 32.7 Å². The number of fused-ring (bicyclic) bond motifs is 1. The lowest BCUT2D eigenvalue weighted by Gasteiger charge is -2.21. The minimum atomic E-state index is -0.234. The zero-order valence-electron chi connectivity index (χ0n) is 13.2. The summed E-state index contributed by atoms with van der Waals surface area (Å²) in [4.78, 5) is 19.3. The largest absolute Gasteiger partial charge is 0.288 e. The summed E-state index contributed by atoms with van der Waals surface area (Å²) in [6.45, 7) is 6.69. The van der Waals surface area contributed by atoms with Crippen LogP contribution in [0.15, 0.2) is 59.6 Å². The van der Waals surface area contributed by atoms with Crippen LogP contribution in [0.25, 0.3) is 0 Å². The fourth-order valence-corrected chi connectivity index (χ4v) is 2.60. The van der Waals surface area contributed by atoms with Crippen LogP contribution < -0.4 is 0 Å². The number of amides is 1. The van der Waals surface area contributed by atoms with E-state index >= 15 is 0 Å². The molecule has 0 saturated heterocycles. The average Bonchev–Trinajstić information content (AvgIpc) is 2.73. The number of aliphatic imine (C=N–C) groups is 1. The van der Waals surface area contributed by atoms with Crippen molar-refractivity contribution in [2.75, 3.05) is 0 Å². The zero-order chi connectivity index (χ0) is 15.7. The van der Waals surface area contributed by atoms with Crippen molar-refractivity contribution in [3.05, 3.63) is 71.3 Å². The Hall–Kier alpha value is -2.42. The van der Waals surface area contributed by atoms with Crippen LogP contribution in [0, 0.1) is 0 Å². The number of carbonyl (C=O) groups excluding carboxylic acids is 1. The lowest BCUT2D eigenvalue weighted by Crippen LogP contribution is -2.32. The van der Waals surface area contributed by atoms with Gasteiger partial charge in [-0.25, -0.2) is 0 Å². The number of rotatable bonds is 2. The Bertz CT molecular complexity index is 727. The fourth-order valence-electron chi connectivity index (χ4n) is 2.60. The molecule has 2 aromatic rings. The molecule has 22 heavy (non-hydrogen) atoms. The first-order valence-corrected chi connectivity index (χ1v) is 7.51. The molecule has 3 nitrogen and oxygen atoms in total. The third-order valence-corrected chi connectivity index (χ3v) is 3.52. The molecule has 0 aliphatic carbocycles. The molecule has 1 aliphatic rings. The Morgan fingerprint density at radius 3 is 2.14 bits per heavy atom. The summed E-state index contributed by atoms with van der Waals surface area (Å²) in [5.41, 5.74) is 2.53. The maximum Gasteiger partial charge on any atom is 0.260 e. The van der Waals surface area contributed by atoms with Crippen molar-refractivity contribution in [3.63, 3.8) is 0 Å². The van der Waals surface area contributed by atoms with Gasteiger partial charge in [0.2, 0.25) is 0 Å². The van der Waals surface area contributed by atoms with Gasteiger partial charge in [-0.3, -0.25) is 14.7 Å². The van der Waals surface area contributed by atoms with Gasteiger partial charge in [0.15, 0.2) is 0 Å². The predicted octanol–water partition coefficient (Wildman–Crippen LogP) is 3.89. The Kier molecular flexibility index (Phi) is 3.57. The van der Waals surface area contributed by atoms with E-state index in [1.165, 1.54) is 0 Å². The molecular weight excluding hydrogens is 272 g/mol. The molecule has 0 atom stereocenters. The third kappa shape index (κ3) is 2.80. The van der Waals surface area contributed by atoms with E-state index in [9.17, 15) is 4.79 Å². The van der Waals surface area contributed by atoms with Crippen LogP contribution in [0.1, 0.15) is 42.3 Å². The monoisotopic (exact) mass is 292 g/mol. The van der Waals surface area contributed by atoms with Crippen LogP contribution in [0.2, 0.25) is 0 Å². The van der Waals surface area contributed by atoms with Crippen LogP contribution in [-0.2, 0) is 6.54 Å². The summed E-state index contributed by atoms with van der Waals surface area (Å²) in [6, 6.07) is 17.7. The second-order valence-electron chi connectivity index (χ2n) is 6.53. The summed E-state index contributed by atoms with van der Waals surface area (Å²) in [6.07, 6.45) is 0. The lowest BCUT2D eigenvalue weighted by molar-refractivity contribution is 0.0852. The molecular formula is C19H20N2O. The predicted molar refractivity (Wildman–Crippen MR) is 89.0 cm³/mol. The van der Waals surface area contributed by atoms with Gasteiger partial charge in [0.25, 0.3) is 5.91 Å². The van der Waals surface area contributed by atoms with Crippen molar-refractivity contribution in [1.82, 2.24) is 4.90 Å². The molecule has 0 saturated carbocycles. The Labute approximate surface area is 131 Å². The summed E-state index contributed by atoms with van der Waals surface area (Å²) in [5, 5.41) is 0. The van der Waals surface area contributed by atoms with Gasteiger partial charge < -0.3 is 0 Å². The number of carbonyl (C=O) groups is 1. The highest BCUT2D eigenvalue weighted by Crippen LogP contribution is 2.27. The first-order valence-electron chi connectivity index (χ1n) is 7.51. The molecule has 0 bridgehead atoms. The molecule has 3 rings (SSSR count). The Balaban J connectivity index is 2.05. The van der Waals surface area contributed by atoms with E-state index in [0.29, 0.717) is 6.54 Å². The highest BCUT2D eigenvalue weighted by atomic mass is 16.2. The minimum Gasteiger partial charge on any atom is -0.288 e. The molecule has 0 radical (unpaired) electrons. The van der Waals surface area contributed by atoms with Crippen LogP contribution in [0.4, 0.5) is 0 Å². The molecule has 0 unspecified atom stereocenters. The highest BCUT2D eigenvalue weighted by molar-refractivity contribution is 6.23. The molecule has 0 N–H and O–H groups in total. The molecule has 0 aromatic heterocycles. The second-order valence-corrected chi connectivity index (χ2v) is 6.53. The number of hydrogen-bond donors (Lipinski definition) is 0. The number of nitrogens with zero attached hydrogens (tertiary/aromatic N) is 2. The van der Waals surface area contributed by atoms with E-state index in [-0.39, 0.29) is 11.4 Å². The second kappa shape index (κ2) is 5.41. The van der Waals surface area contributed by atoms with Gasteiger partial charge in [-0.15, -0.1) is 0 Å². The molecule has 3 heteroatoms. The Morgan fingerprint density at radius 2 is 1.50 bits per heavy atom. The van der Waals surface area contributed by atoms with Gasteiger partial charge in [0, 0.05) is 5.56 Å². The summed E-state index contributed by atoms with van der Waals surface area (Å²) < 4.78 is 0. The normalized spacial score (nSPS) is 16.2. The van der Waals surface area contributed by atoms with Crippen LogP contribution >= 0.6 is 0 Å². The van der Waals surface area contributed by atoms with E-state index in [2.05, 4.69) is 0 Å². The number of hydrogen-bond acceptors (Lipinski definition) is 2. The number of benzene rings is 2. The molecule has 112 valence electrons. The maximum absolute atomic E-state index is 12.7. The third-order valence-electron chi connectivity index (χ3n) is 3.52. The molecule has 0 fully saturated rings. The van der Waals surface area contributed by atoms with Crippen molar-refractivity contribution in [1.29, 1.82) is 0 Å². The molecule has 1 heterocycles. The lowest BCUT2D eigenvalue weighted by atomic mass is 10.1. The summed E-state index contributed by atoms with van der Waals surface area (Å²) >= 11 is 0. The van der Waals surface area contributed by atoms with Gasteiger partial charge in [-0.05, 0) is 32.4 Å². The molecule has 1 aliphatic heterocycles. The molecule has 2 aromatic carbocycles. The first kappa shape index (κ1) is 14.5. The smallest absolute Gasteiger partial charge is 0.260 e. The molecule has 1 amide bonds. The van der Waals surface area contributed by atoms with Crippen molar-refractivity contribution < 1.29 is 4.79 Å². The highest BCUT2D eigenvalue weighted by Gasteiger charge is 2.34. The van der Waals surface area contributed by atoms with Crippen molar-refractivity contribution >= 4 is 11.7 Å². The van der Waals surface area contributed by atoms with E-state index in [1.807, 2.05) is 75.4 Å². The van der Waals surface area contributed by atoms with Gasteiger partial charge in [-0.2, -0.15) is 0 Å². The van der Waals surface area contributed by atoms with Crippen LogP contribution in [0.5, 0.6) is 0 Å². The van der Waals surface area contributed by atoms with Crippen molar-refractivity contribution in [2.24, 2.45) is 4.99 Å². The van der Waals surface area contributed by atoms with Gasteiger partial charge in [0.05, 0.1) is 17.6 Å². The first-order chi connectivity index (χ1) is 10.5. The quantitative estimate of drug-likeness (QED) is 0.826. The van der Waals surface area contributed by atoms with E-state index < -0.39 is 0 Å². The SMILES string of the molecule is CC(C)(C)N=C1c2ccccc2C(=O)N1Cc1ccccc1. The van der Waals surface area contributed by atoms with Crippen LogP contribution in [-0.4, -0.2) is 22.2 Å². The minimum absolute atomic E-state index is 0.0300. The Morgan fingerprint density at radius 1 is 0.909 bits per heavy atom. The average molecular weight is 292 g/mol. The van der Waals surface area contributed by atoms with Gasteiger partial charge in [-0.1, -0.05) is 48.5 Å². The van der Waals surface area contributed by atoms with E-state index in [0.717, 1.165) is 22.5 Å². The van der Waals surface area contributed by atoms with E-state index in [1.54, 1.807) is 4.90 Å².